The van der Waals surface area contributed by atoms with E-state index >= 15 is 0 Å². The van der Waals surface area contributed by atoms with Crippen molar-refractivity contribution in [1.82, 2.24) is 10.2 Å². The molecule has 0 aromatic rings. The summed E-state index contributed by atoms with van der Waals surface area (Å²) in [5.41, 5.74) is 0.481. The zero-order chi connectivity index (χ0) is 14.1. The van der Waals surface area contributed by atoms with Crippen molar-refractivity contribution < 1.29 is 4.74 Å². The zero-order valence-corrected chi connectivity index (χ0v) is 13.5. The normalized spacial score (nSPS) is 22.4. The van der Waals surface area contributed by atoms with E-state index in [4.69, 9.17) is 4.74 Å². The fraction of sp³-hybridized carbons (Fsp3) is 1.00. The number of rotatable bonds is 7. The number of nitrogens with zero attached hydrogens (tertiary/aromatic N) is 1. The second kappa shape index (κ2) is 8.93. The fourth-order valence-electron chi connectivity index (χ4n) is 2.95. The Kier molecular flexibility index (Phi) is 7.96. The van der Waals surface area contributed by atoms with Gasteiger partial charge in [0.05, 0.1) is 0 Å². The molecule has 0 aromatic heterocycles. The van der Waals surface area contributed by atoms with Gasteiger partial charge in [-0.1, -0.05) is 20.8 Å². The van der Waals surface area contributed by atoms with Gasteiger partial charge >= 0.3 is 0 Å². The van der Waals surface area contributed by atoms with Crippen LogP contribution in [-0.4, -0.2) is 51.3 Å². The summed E-state index contributed by atoms with van der Waals surface area (Å²) in [5, 5.41) is 3.51. The van der Waals surface area contributed by atoms with E-state index in [1.54, 1.807) is 7.11 Å². The van der Waals surface area contributed by atoms with Gasteiger partial charge in [-0.2, -0.15) is 0 Å². The highest BCUT2D eigenvalue weighted by molar-refractivity contribution is 4.78. The molecule has 0 amide bonds. The molecular formula is C16H34N2O. The molecule has 0 spiro atoms. The summed E-state index contributed by atoms with van der Waals surface area (Å²) in [4.78, 5) is 2.63. The maximum absolute atomic E-state index is 5.05. The Morgan fingerprint density at radius 1 is 1.16 bits per heavy atom. The van der Waals surface area contributed by atoms with E-state index in [2.05, 4.69) is 31.0 Å². The van der Waals surface area contributed by atoms with Crippen LogP contribution in [-0.2, 0) is 4.74 Å². The van der Waals surface area contributed by atoms with Gasteiger partial charge in [-0.25, -0.2) is 0 Å². The number of nitrogens with one attached hydrogen (secondary N) is 1. The number of hydrogen-bond acceptors (Lipinski definition) is 3. The third-order valence-electron chi connectivity index (χ3n) is 4.35. The van der Waals surface area contributed by atoms with Crippen LogP contribution >= 0.6 is 0 Å². The average molecular weight is 270 g/mol. The van der Waals surface area contributed by atoms with Crippen LogP contribution in [0.15, 0.2) is 0 Å². The van der Waals surface area contributed by atoms with Crippen LogP contribution in [0.1, 0.15) is 46.5 Å². The van der Waals surface area contributed by atoms with Gasteiger partial charge in [0, 0.05) is 26.8 Å². The molecule has 19 heavy (non-hydrogen) atoms. The van der Waals surface area contributed by atoms with E-state index in [1.807, 2.05) is 0 Å². The minimum Gasteiger partial charge on any atom is -0.385 e. The van der Waals surface area contributed by atoms with Crippen molar-refractivity contribution >= 4 is 0 Å². The van der Waals surface area contributed by atoms with Crippen molar-refractivity contribution in [3.8, 4) is 0 Å². The second-order valence-corrected chi connectivity index (χ2v) is 6.93. The molecule has 0 radical (unpaired) electrons. The van der Waals surface area contributed by atoms with Gasteiger partial charge in [-0.05, 0) is 56.7 Å². The lowest BCUT2D eigenvalue weighted by atomic mass is 9.77. The number of hydrogen-bond donors (Lipinski definition) is 1. The third-order valence-corrected chi connectivity index (χ3v) is 4.35. The molecule has 3 nitrogen and oxygen atoms in total. The van der Waals surface area contributed by atoms with E-state index in [1.165, 1.54) is 38.9 Å². The maximum Gasteiger partial charge on any atom is 0.0474 e. The highest BCUT2D eigenvalue weighted by Gasteiger charge is 2.26. The van der Waals surface area contributed by atoms with Crippen LogP contribution in [0, 0.1) is 11.3 Å². The predicted molar refractivity (Wildman–Crippen MR) is 82.6 cm³/mol. The molecule has 1 aliphatic rings. The molecule has 1 heterocycles. The van der Waals surface area contributed by atoms with Gasteiger partial charge in [0.25, 0.3) is 0 Å². The third kappa shape index (κ3) is 7.28. The topological polar surface area (TPSA) is 24.5 Å². The zero-order valence-electron chi connectivity index (χ0n) is 13.5. The average Bonchev–Trinajstić information content (AvgIpc) is 2.58. The molecule has 1 aliphatic heterocycles. The fourth-order valence-corrected chi connectivity index (χ4v) is 2.95. The van der Waals surface area contributed by atoms with Crippen LogP contribution in [0.25, 0.3) is 0 Å². The van der Waals surface area contributed by atoms with Gasteiger partial charge in [0.15, 0.2) is 0 Å². The van der Waals surface area contributed by atoms with Gasteiger partial charge in [-0.3, -0.25) is 0 Å². The summed E-state index contributed by atoms with van der Waals surface area (Å²) in [6.45, 7) is 14.0. The molecular weight excluding hydrogens is 236 g/mol. The van der Waals surface area contributed by atoms with E-state index in [9.17, 15) is 0 Å². The quantitative estimate of drug-likeness (QED) is 0.720. The number of methoxy groups -OCH3 is 1. The standard InChI is InChI=1S/C16H34N2O/c1-16(2,3)15-7-5-11-18(12-8-15)13-10-17-9-6-14-19-4/h15,17H,5-14H2,1-4H3. The lowest BCUT2D eigenvalue weighted by molar-refractivity contribution is 0.193. The van der Waals surface area contributed by atoms with E-state index < -0.39 is 0 Å². The first-order chi connectivity index (χ1) is 9.04. The molecule has 1 saturated heterocycles. The van der Waals surface area contributed by atoms with Gasteiger partial charge in [0.1, 0.15) is 0 Å². The van der Waals surface area contributed by atoms with Crippen molar-refractivity contribution in [3.05, 3.63) is 0 Å². The molecule has 1 fully saturated rings. The molecule has 0 aromatic carbocycles. The smallest absolute Gasteiger partial charge is 0.0474 e. The monoisotopic (exact) mass is 270 g/mol. The maximum atomic E-state index is 5.05. The molecule has 0 saturated carbocycles. The summed E-state index contributed by atoms with van der Waals surface area (Å²) in [7, 11) is 1.77. The largest absolute Gasteiger partial charge is 0.385 e. The van der Waals surface area contributed by atoms with Crippen molar-refractivity contribution in [2.24, 2.45) is 11.3 Å². The highest BCUT2D eigenvalue weighted by atomic mass is 16.5. The SMILES string of the molecule is COCCCNCCN1CCCC(C(C)(C)C)CC1. The first-order valence-electron chi connectivity index (χ1n) is 7.96. The van der Waals surface area contributed by atoms with Gasteiger partial charge in [-0.15, -0.1) is 0 Å². The Bertz CT molecular complexity index is 225. The lowest BCUT2D eigenvalue weighted by Gasteiger charge is -2.29. The Morgan fingerprint density at radius 2 is 1.95 bits per heavy atom. The summed E-state index contributed by atoms with van der Waals surface area (Å²) in [6, 6.07) is 0. The molecule has 114 valence electrons. The molecule has 3 heteroatoms. The van der Waals surface area contributed by atoms with E-state index in [-0.39, 0.29) is 0 Å². The summed E-state index contributed by atoms with van der Waals surface area (Å²) in [5.74, 6) is 0.896. The Labute approximate surface area is 120 Å². The summed E-state index contributed by atoms with van der Waals surface area (Å²) < 4.78 is 5.05. The van der Waals surface area contributed by atoms with Crippen molar-refractivity contribution in [1.29, 1.82) is 0 Å². The Balaban J connectivity index is 2.12. The van der Waals surface area contributed by atoms with E-state index in [0.717, 1.165) is 32.0 Å². The number of likely N-dealkylation sites (tertiary alicyclic amines) is 1. The first kappa shape index (κ1) is 16.9. The van der Waals surface area contributed by atoms with Gasteiger partial charge in [0.2, 0.25) is 0 Å². The Hall–Kier alpha value is -0.120. The van der Waals surface area contributed by atoms with Crippen LogP contribution in [0.2, 0.25) is 0 Å². The van der Waals surface area contributed by atoms with Crippen molar-refractivity contribution in [3.63, 3.8) is 0 Å². The second-order valence-electron chi connectivity index (χ2n) is 6.93. The molecule has 1 unspecified atom stereocenters. The summed E-state index contributed by atoms with van der Waals surface area (Å²) >= 11 is 0. The van der Waals surface area contributed by atoms with Crippen LogP contribution in [0.4, 0.5) is 0 Å². The summed E-state index contributed by atoms with van der Waals surface area (Å²) in [6.07, 6.45) is 5.25. The van der Waals surface area contributed by atoms with Crippen LogP contribution in [0.3, 0.4) is 0 Å². The molecule has 0 bridgehead atoms. The van der Waals surface area contributed by atoms with Crippen molar-refractivity contribution in [2.75, 3.05) is 46.4 Å². The molecule has 0 aliphatic carbocycles. The minimum absolute atomic E-state index is 0.481. The highest BCUT2D eigenvalue weighted by Crippen LogP contribution is 2.34. The lowest BCUT2D eigenvalue weighted by Crippen LogP contribution is -2.33. The van der Waals surface area contributed by atoms with Crippen molar-refractivity contribution in [2.45, 2.75) is 46.5 Å². The number of ether oxygens (including phenoxy) is 1. The molecule has 1 N–H and O–H groups in total. The minimum atomic E-state index is 0.481. The van der Waals surface area contributed by atoms with Crippen LogP contribution in [0.5, 0.6) is 0 Å². The van der Waals surface area contributed by atoms with Crippen LogP contribution < -0.4 is 5.32 Å². The first-order valence-corrected chi connectivity index (χ1v) is 7.96. The molecule has 1 atom stereocenters. The van der Waals surface area contributed by atoms with Gasteiger partial charge < -0.3 is 15.0 Å². The molecule has 1 rings (SSSR count). The Morgan fingerprint density at radius 3 is 2.63 bits per heavy atom. The van der Waals surface area contributed by atoms with E-state index in [0.29, 0.717) is 5.41 Å². The predicted octanol–water partition coefficient (Wildman–Crippen LogP) is 2.76.